The molecular formula is C27H30FN3O2. The lowest BCUT2D eigenvalue weighted by molar-refractivity contribution is -0.135. The van der Waals surface area contributed by atoms with Gasteiger partial charge in [-0.25, -0.2) is 4.39 Å². The number of carbonyl (C=O) groups excluding carboxylic acids is 2. The molecule has 2 heterocycles. The van der Waals surface area contributed by atoms with Crippen molar-refractivity contribution in [1.29, 1.82) is 0 Å². The minimum atomic E-state index is -0.973. The molecule has 172 valence electrons. The maximum Gasteiger partial charge on any atom is 0.252 e. The highest BCUT2D eigenvalue weighted by molar-refractivity contribution is 6.06. The number of halogens is 1. The van der Waals surface area contributed by atoms with Crippen molar-refractivity contribution in [2.24, 2.45) is 0 Å². The van der Waals surface area contributed by atoms with E-state index in [4.69, 9.17) is 4.98 Å². The number of para-hydroxylation sites is 1. The third-order valence-electron chi connectivity index (χ3n) is 6.38. The van der Waals surface area contributed by atoms with Crippen molar-refractivity contribution >= 4 is 22.7 Å². The molecule has 1 atom stereocenters. The lowest BCUT2D eigenvalue weighted by Gasteiger charge is -2.30. The summed E-state index contributed by atoms with van der Waals surface area (Å²) < 4.78 is 14.4. The summed E-state index contributed by atoms with van der Waals surface area (Å²) in [7, 11) is 0. The van der Waals surface area contributed by atoms with Crippen LogP contribution in [0.3, 0.4) is 0 Å². The third kappa shape index (κ3) is 4.47. The molecule has 2 amide bonds. The largest absolute Gasteiger partial charge is 0.350 e. The molecule has 0 bridgehead atoms. The van der Waals surface area contributed by atoms with E-state index in [2.05, 4.69) is 5.32 Å². The van der Waals surface area contributed by atoms with Crippen molar-refractivity contribution < 1.29 is 14.0 Å². The lowest BCUT2D eigenvalue weighted by atomic mass is 9.83. The normalized spacial score (nSPS) is 16.4. The average Bonchev–Trinajstić information content (AvgIpc) is 3.27. The van der Waals surface area contributed by atoms with Crippen molar-refractivity contribution in [3.63, 3.8) is 0 Å². The zero-order chi connectivity index (χ0) is 23.8. The number of pyridine rings is 1. The number of aromatic nitrogens is 1. The Morgan fingerprint density at radius 3 is 2.55 bits per heavy atom. The second-order valence-electron chi connectivity index (χ2n) is 9.58. The predicted molar refractivity (Wildman–Crippen MR) is 128 cm³/mol. The second-order valence-corrected chi connectivity index (χ2v) is 9.58. The van der Waals surface area contributed by atoms with Gasteiger partial charge in [-0.2, -0.15) is 0 Å². The molecule has 1 fully saturated rings. The summed E-state index contributed by atoms with van der Waals surface area (Å²) in [5.41, 5.74) is 1.59. The quantitative estimate of drug-likeness (QED) is 0.611. The number of hydrogen-bond donors (Lipinski definition) is 1. The molecule has 1 aliphatic heterocycles. The van der Waals surface area contributed by atoms with E-state index in [1.807, 2.05) is 44.2 Å². The molecular weight excluding hydrogens is 417 g/mol. The van der Waals surface area contributed by atoms with Crippen LogP contribution in [0.4, 0.5) is 4.39 Å². The van der Waals surface area contributed by atoms with Crippen LogP contribution in [0.1, 0.15) is 61.6 Å². The summed E-state index contributed by atoms with van der Waals surface area (Å²) in [6.45, 7) is 8.46. The Morgan fingerprint density at radius 1 is 1.12 bits per heavy atom. The van der Waals surface area contributed by atoms with Crippen LogP contribution in [0.25, 0.3) is 10.9 Å². The number of benzene rings is 2. The molecule has 0 aliphatic carbocycles. The highest BCUT2D eigenvalue weighted by Gasteiger charge is 2.39. The molecule has 6 heteroatoms. The molecule has 33 heavy (non-hydrogen) atoms. The van der Waals surface area contributed by atoms with Gasteiger partial charge in [-0.15, -0.1) is 0 Å². The first-order valence-corrected chi connectivity index (χ1v) is 11.4. The Hall–Kier alpha value is -3.28. The standard InChI is InChI=1S/C27H30FN3O2/c1-17(2)29-25(32)20-15-24(30-23-12-8-5-9-19(20)23)18-13-14-31(16-18)26(33)27(3,4)21-10-6-7-11-22(21)28/h5-12,15,17-18H,13-14,16H2,1-4H3,(H,29,32). The highest BCUT2D eigenvalue weighted by Crippen LogP contribution is 2.34. The summed E-state index contributed by atoms with van der Waals surface area (Å²) >= 11 is 0. The van der Waals surface area contributed by atoms with Crippen LogP contribution in [-0.4, -0.2) is 40.8 Å². The number of rotatable bonds is 5. The first-order chi connectivity index (χ1) is 15.7. The van der Waals surface area contributed by atoms with Crippen molar-refractivity contribution in [3.8, 4) is 0 Å². The van der Waals surface area contributed by atoms with Gasteiger partial charge in [0.25, 0.3) is 5.91 Å². The topological polar surface area (TPSA) is 62.3 Å². The maximum atomic E-state index is 14.4. The Bertz CT molecular complexity index is 1200. The molecule has 0 radical (unpaired) electrons. The first-order valence-electron chi connectivity index (χ1n) is 11.4. The van der Waals surface area contributed by atoms with Crippen LogP contribution in [0.5, 0.6) is 0 Å². The number of carbonyl (C=O) groups is 2. The summed E-state index contributed by atoms with van der Waals surface area (Å²) in [5, 5.41) is 3.78. The fraction of sp³-hybridized carbons (Fsp3) is 0.370. The monoisotopic (exact) mass is 447 g/mol. The number of amides is 2. The number of nitrogens with zero attached hydrogens (tertiary/aromatic N) is 2. The molecule has 1 saturated heterocycles. The molecule has 4 rings (SSSR count). The smallest absolute Gasteiger partial charge is 0.252 e. The predicted octanol–water partition coefficient (Wildman–Crippen LogP) is 4.81. The van der Waals surface area contributed by atoms with Crippen LogP contribution in [0.2, 0.25) is 0 Å². The van der Waals surface area contributed by atoms with Crippen molar-refractivity contribution in [3.05, 3.63) is 77.2 Å². The van der Waals surface area contributed by atoms with Crippen LogP contribution < -0.4 is 5.32 Å². The fourth-order valence-corrected chi connectivity index (χ4v) is 4.60. The summed E-state index contributed by atoms with van der Waals surface area (Å²) in [6, 6.07) is 15.9. The van der Waals surface area contributed by atoms with Gasteiger partial charge in [-0.1, -0.05) is 36.4 Å². The molecule has 2 aromatic carbocycles. The number of likely N-dealkylation sites (tertiary alicyclic amines) is 1. The van der Waals surface area contributed by atoms with Gasteiger partial charge in [0.05, 0.1) is 16.5 Å². The van der Waals surface area contributed by atoms with E-state index in [1.54, 1.807) is 36.9 Å². The molecule has 1 unspecified atom stereocenters. The maximum absolute atomic E-state index is 14.4. The minimum absolute atomic E-state index is 0.0144. The molecule has 1 N–H and O–H groups in total. The molecule has 0 spiro atoms. The molecule has 0 saturated carbocycles. The van der Waals surface area contributed by atoms with Crippen LogP contribution in [0.15, 0.2) is 54.6 Å². The summed E-state index contributed by atoms with van der Waals surface area (Å²) in [5.74, 6) is -0.589. The summed E-state index contributed by atoms with van der Waals surface area (Å²) in [6.07, 6.45) is 0.746. The van der Waals surface area contributed by atoms with E-state index >= 15 is 0 Å². The van der Waals surface area contributed by atoms with Crippen molar-refractivity contribution in [2.45, 2.75) is 51.5 Å². The fourth-order valence-electron chi connectivity index (χ4n) is 4.60. The van der Waals surface area contributed by atoms with Crippen molar-refractivity contribution in [2.75, 3.05) is 13.1 Å². The summed E-state index contributed by atoms with van der Waals surface area (Å²) in [4.78, 5) is 32.9. The van der Waals surface area contributed by atoms with E-state index in [9.17, 15) is 14.0 Å². The molecule has 1 aromatic heterocycles. The van der Waals surface area contributed by atoms with E-state index in [0.717, 1.165) is 23.0 Å². The number of nitrogens with one attached hydrogen (secondary N) is 1. The van der Waals surface area contributed by atoms with E-state index in [-0.39, 0.29) is 29.6 Å². The SMILES string of the molecule is CC(C)NC(=O)c1cc(C2CCN(C(=O)C(C)(C)c3ccccc3F)C2)nc2ccccc12. The van der Waals surface area contributed by atoms with E-state index in [0.29, 0.717) is 24.2 Å². The van der Waals surface area contributed by atoms with Gasteiger partial charge in [-0.3, -0.25) is 14.6 Å². The molecule has 5 nitrogen and oxygen atoms in total. The Balaban J connectivity index is 1.61. The Labute approximate surface area is 194 Å². The first kappa shape index (κ1) is 22.9. The van der Waals surface area contributed by atoms with Gasteiger partial charge >= 0.3 is 0 Å². The van der Waals surface area contributed by atoms with Gasteiger partial charge < -0.3 is 10.2 Å². The molecule has 3 aromatic rings. The average molecular weight is 448 g/mol. The van der Waals surface area contributed by atoms with E-state index in [1.165, 1.54) is 6.07 Å². The van der Waals surface area contributed by atoms with Gasteiger partial charge in [0.1, 0.15) is 5.82 Å². The lowest BCUT2D eigenvalue weighted by Crippen LogP contribution is -2.42. The van der Waals surface area contributed by atoms with Gasteiger partial charge in [0, 0.05) is 41.7 Å². The molecule has 1 aliphatic rings. The van der Waals surface area contributed by atoms with Gasteiger partial charge in [0.15, 0.2) is 0 Å². The number of fused-ring (bicyclic) bond motifs is 1. The van der Waals surface area contributed by atoms with E-state index < -0.39 is 5.41 Å². The Kier molecular flexibility index (Phi) is 6.19. The van der Waals surface area contributed by atoms with Gasteiger partial charge in [-0.05, 0) is 52.3 Å². The van der Waals surface area contributed by atoms with Gasteiger partial charge in [0.2, 0.25) is 5.91 Å². The van der Waals surface area contributed by atoms with Crippen LogP contribution in [-0.2, 0) is 10.2 Å². The highest BCUT2D eigenvalue weighted by atomic mass is 19.1. The van der Waals surface area contributed by atoms with Crippen LogP contribution >= 0.6 is 0 Å². The zero-order valence-electron chi connectivity index (χ0n) is 19.6. The van der Waals surface area contributed by atoms with Crippen LogP contribution in [0, 0.1) is 5.82 Å². The van der Waals surface area contributed by atoms with Crippen molar-refractivity contribution in [1.82, 2.24) is 15.2 Å². The zero-order valence-corrected chi connectivity index (χ0v) is 19.6. The third-order valence-corrected chi connectivity index (χ3v) is 6.38. The Morgan fingerprint density at radius 2 is 1.82 bits per heavy atom. The number of hydrogen-bond acceptors (Lipinski definition) is 3. The minimum Gasteiger partial charge on any atom is -0.350 e. The second kappa shape index (κ2) is 8.93.